The molecule has 0 aromatic carbocycles. The first-order valence-corrected chi connectivity index (χ1v) is 5.83. The van der Waals surface area contributed by atoms with Crippen LogP contribution in [0.1, 0.15) is 23.3 Å². The lowest BCUT2D eigenvalue weighted by atomic mass is 10.1. The van der Waals surface area contributed by atoms with Crippen molar-refractivity contribution in [2.45, 2.75) is 18.9 Å². The number of anilines is 1. The predicted octanol–water partition coefficient (Wildman–Crippen LogP) is 1.03. The van der Waals surface area contributed by atoms with Gasteiger partial charge in [-0.3, -0.25) is 4.79 Å². The molecule has 1 aliphatic heterocycles. The Labute approximate surface area is 101 Å². The summed E-state index contributed by atoms with van der Waals surface area (Å²) in [4.78, 5) is 16.1. The van der Waals surface area contributed by atoms with Gasteiger partial charge < -0.3 is 15.4 Å². The van der Waals surface area contributed by atoms with Crippen LogP contribution in [0.25, 0.3) is 0 Å². The monoisotopic (exact) mass is 235 g/mol. The van der Waals surface area contributed by atoms with E-state index in [1.165, 1.54) is 0 Å². The summed E-state index contributed by atoms with van der Waals surface area (Å²) in [6, 6.07) is 5.56. The minimum atomic E-state index is -0.117. The van der Waals surface area contributed by atoms with E-state index in [-0.39, 0.29) is 11.9 Å². The van der Waals surface area contributed by atoms with Gasteiger partial charge >= 0.3 is 0 Å². The predicted molar refractivity (Wildman–Crippen MR) is 65.1 cm³/mol. The first-order chi connectivity index (χ1) is 8.29. The number of carbonyl (C=O) groups excluding carboxylic acids is 1. The van der Waals surface area contributed by atoms with Crippen LogP contribution in [-0.4, -0.2) is 37.2 Å². The maximum atomic E-state index is 11.9. The molecule has 0 saturated carbocycles. The smallest absolute Gasteiger partial charge is 0.270 e. The molecule has 0 unspecified atom stereocenters. The highest BCUT2D eigenvalue weighted by Gasteiger charge is 2.17. The minimum absolute atomic E-state index is 0.117. The third kappa shape index (κ3) is 3.17. The summed E-state index contributed by atoms with van der Waals surface area (Å²) in [6.07, 6.45) is 1.74. The molecule has 0 aliphatic carbocycles. The third-order valence-electron chi connectivity index (χ3n) is 2.79. The van der Waals surface area contributed by atoms with Crippen LogP contribution in [0.15, 0.2) is 18.2 Å². The summed E-state index contributed by atoms with van der Waals surface area (Å²) >= 11 is 0. The number of hydrogen-bond donors (Lipinski definition) is 2. The van der Waals surface area contributed by atoms with Crippen LogP contribution >= 0.6 is 0 Å². The summed E-state index contributed by atoms with van der Waals surface area (Å²) in [5.41, 5.74) is 0.448. The zero-order valence-electron chi connectivity index (χ0n) is 9.90. The maximum Gasteiger partial charge on any atom is 0.270 e. The van der Waals surface area contributed by atoms with E-state index in [2.05, 4.69) is 15.6 Å². The molecule has 92 valence electrons. The molecule has 0 spiro atoms. The molecule has 1 amide bonds. The summed E-state index contributed by atoms with van der Waals surface area (Å²) in [7, 11) is 1.78. The van der Waals surface area contributed by atoms with Gasteiger partial charge in [0.2, 0.25) is 0 Å². The topological polar surface area (TPSA) is 63.2 Å². The van der Waals surface area contributed by atoms with Crippen molar-refractivity contribution in [3.8, 4) is 0 Å². The van der Waals surface area contributed by atoms with Gasteiger partial charge in [-0.15, -0.1) is 0 Å². The number of ether oxygens (including phenoxy) is 1. The Balaban J connectivity index is 1.98. The summed E-state index contributed by atoms with van der Waals surface area (Å²) in [6.45, 7) is 1.43. The van der Waals surface area contributed by atoms with E-state index in [9.17, 15) is 4.79 Å². The molecule has 0 bridgehead atoms. The molecule has 2 N–H and O–H groups in total. The number of aromatic nitrogens is 1. The van der Waals surface area contributed by atoms with E-state index in [0.717, 1.165) is 26.1 Å². The SMILES string of the molecule is CNc1cccc(C(=O)NC2CCOCC2)n1. The first-order valence-electron chi connectivity index (χ1n) is 5.83. The van der Waals surface area contributed by atoms with Gasteiger partial charge in [-0.05, 0) is 25.0 Å². The number of carbonyl (C=O) groups is 1. The molecule has 17 heavy (non-hydrogen) atoms. The molecular formula is C12H17N3O2. The fourth-order valence-corrected chi connectivity index (χ4v) is 1.80. The molecule has 5 nitrogen and oxygen atoms in total. The lowest BCUT2D eigenvalue weighted by molar-refractivity contribution is 0.0694. The Morgan fingerprint density at radius 2 is 2.18 bits per heavy atom. The van der Waals surface area contributed by atoms with Crippen molar-refractivity contribution in [2.24, 2.45) is 0 Å². The Morgan fingerprint density at radius 1 is 1.41 bits per heavy atom. The van der Waals surface area contributed by atoms with Gasteiger partial charge in [0, 0.05) is 26.3 Å². The van der Waals surface area contributed by atoms with Crippen LogP contribution in [0, 0.1) is 0 Å². The summed E-state index contributed by atoms with van der Waals surface area (Å²) < 4.78 is 5.25. The van der Waals surface area contributed by atoms with Gasteiger partial charge in [0.1, 0.15) is 11.5 Å². The number of amides is 1. The Morgan fingerprint density at radius 3 is 2.88 bits per heavy atom. The highest BCUT2D eigenvalue weighted by Crippen LogP contribution is 2.08. The van der Waals surface area contributed by atoms with Crippen molar-refractivity contribution in [3.63, 3.8) is 0 Å². The average molecular weight is 235 g/mol. The quantitative estimate of drug-likeness (QED) is 0.821. The Kier molecular flexibility index (Phi) is 3.93. The van der Waals surface area contributed by atoms with Crippen LogP contribution in [-0.2, 0) is 4.74 Å². The van der Waals surface area contributed by atoms with Crippen LogP contribution in [0.2, 0.25) is 0 Å². The van der Waals surface area contributed by atoms with Gasteiger partial charge in [-0.2, -0.15) is 0 Å². The second kappa shape index (κ2) is 5.63. The fourth-order valence-electron chi connectivity index (χ4n) is 1.80. The number of rotatable bonds is 3. The molecule has 2 heterocycles. The third-order valence-corrected chi connectivity index (χ3v) is 2.79. The minimum Gasteiger partial charge on any atom is -0.381 e. The van der Waals surface area contributed by atoms with E-state index >= 15 is 0 Å². The zero-order valence-corrected chi connectivity index (χ0v) is 9.90. The van der Waals surface area contributed by atoms with Gasteiger partial charge in [0.05, 0.1) is 0 Å². The molecule has 1 aromatic heterocycles. The molecule has 1 aliphatic rings. The molecule has 2 rings (SSSR count). The Bertz CT molecular complexity index is 389. The highest BCUT2D eigenvalue weighted by atomic mass is 16.5. The maximum absolute atomic E-state index is 11.9. The van der Waals surface area contributed by atoms with Gasteiger partial charge in [-0.25, -0.2) is 4.98 Å². The second-order valence-electron chi connectivity index (χ2n) is 4.02. The average Bonchev–Trinajstić information content (AvgIpc) is 2.40. The molecule has 0 radical (unpaired) electrons. The normalized spacial score (nSPS) is 16.5. The molecule has 5 heteroatoms. The summed E-state index contributed by atoms with van der Waals surface area (Å²) in [5, 5.41) is 5.89. The number of hydrogen-bond acceptors (Lipinski definition) is 4. The van der Waals surface area contributed by atoms with E-state index in [4.69, 9.17) is 4.74 Å². The van der Waals surface area contributed by atoms with E-state index in [0.29, 0.717) is 11.5 Å². The molecule has 0 atom stereocenters. The fraction of sp³-hybridized carbons (Fsp3) is 0.500. The van der Waals surface area contributed by atoms with Crippen LogP contribution < -0.4 is 10.6 Å². The highest BCUT2D eigenvalue weighted by molar-refractivity contribution is 5.92. The van der Waals surface area contributed by atoms with E-state index < -0.39 is 0 Å². The molecule has 1 aromatic rings. The van der Waals surface area contributed by atoms with Gasteiger partial charge in [0.15, 0.2) is 0 Å². The van der Waals surface area contributed by atoms with Crippen LogP contribution in [0.4, 0.5) is 5.82 Å². The summed E-state index contributed by atoms with van der Waals surface area (Å²) in [5.74, 6) is 0.582. The van der Waals surface area contributed by atoms with Gasteiger partial charge in [-0.1, -0.05) is 6.07 Å². The standard InChI is InChI=1S/C12H17N3O2/c1-13-11-4-2-3-10(15-11)12(16)14-9-5-7-17-8-6-9/h2-4,9H,5-8H2,1H3,(H,13,15)(H,14,16). The van der Waals surface area contributed by atoms with Crippen molar-refractivity contribution in [3.05, 3.63) is 23.9 Å². The lowest BCUT2D eigenvalue weighted by Gasteiger charge is -2.22. The zero-order chi connectivity index (χ0) is 12.1. The van der Waals surface area contributed by atoms with Crippen molar-refractivity contribution in [2.75, 3.05) is 25.6 Å². The molecular weight excluding hydrogens is 218 g/mol. The van der Waals surface area contributed by atoms with E-state index in [1.54, 1.807) is 13.1 Å². The van der Waals surface area contributed by atoms with Crippen molar-refractivity contribution in [1.82, 2.24) is 10.3 Å². The van der Waals surface area contributed by atoms with Crippen molar-refractivity contribution < 1.29 is 9.53 Å². The van der Waals surface area contributed by atoms with E-state index in [1.807, 2.05) is 12.1 Å². The number of pyridine rings is 1. The number of nitrogens with zero attached hydrogens (tertiary/aromatic N) is 1. The Hall–Kier alpha value is -1.62. The largest absolute Gasteiger partial charge is 0.381 e. The molecule has 1 saturated heterocycles. The van der Waals surface area contributed by atoms with Crippen LogP contribution in [0.5, 0.6) is 0 Å². The second-order valence-corrected chi connectivity index (χ2v) is 4.02. The van der Waals surface area contributed by atoms with Gasteiger partial charge in [0.25, 0.3) is 5.91 Å². The van der Waals surface area contributed by atoms with Crippen LogP contribution in [0.3, 0.4) is 0 Å². The first kappa shape index (κ1) is 11.9. The number of nitrogens with one attached hydrogen (secondary N) is 2. The van der Waals surface area contributed by atoms with Crippen molar-refractivity contribution >= 4 is 11.7 Å². The van der Waals surface area contributed by atoms with Crippen molar-refractivity contribution in [1.29, 1.82) is 0 Å². The molecule has 1 fully saturated rings. The lowest BCUT2D eigenvalue weighted by Crippen LogP contribution is -2.39.